The molecular weight excluding hydrogens is 197 g/mol. The third-order valence-electron chi connectivity index (χ3n) is 2.59. The maximum absolute atomic E-state index is 13.0. The molecule has 80 valence electrons. The molecule has 1 saturated heterocycles. The van der Waals surface area contributed by atoms with Gasteiger partial charge in [0.25, 0.3) is 0 Å². The molecule has 1 N–H and O–H groups in total. The average Bonchev–Trinajstić information content (AvgIpc) is 2.65. The lowest BCUT2D eigenvalue weighted by molar-refractivity contribution is 0.0697. The van der Waals surface area contributed by atoms with Gasteiger partial charge in [0.05, 0.1) is 5.56 Å². The van der Waals surface area contributed by atoms with E-state index in [4.69, 9.17) is 5.11 Å². The number of nitrogens with zero attached hydrogens (tertiary/aromatic N) is 1. The topological polar surface area (TPSA) is 40.5 Å². The largest absolute Gasteiger partial charge is 0.478 e. The van der Waals surface area contributed by atoms with Crippen molar-refractivity contribution in [3.05, 3.63) is 29.8 Å². The van der Waals surface area contributed by atoms with Gasteiger partial charge in [-0.2, -0.15) is 0 Å². The van der Waals surface area contributed by atoms with Crippen molar-refractivity contribution in [3.8, 4) is 0 Å². The second kappa shape index (κ2) is 3.88. The van der Waals surface area contributed by atoms with Crippen molar-refractivity contribution in [1.82, 2.24) is 0 Å². The lowest BCUT2D eigenvalue weighted by atomic mass is 10.2. The molecule has 3 nitrogen and oxygen atoms in total. The molecule has 15 heavy (non-hydrogen) atoms. The zero-order chi connectivity index (χ0) is 10.8. The Balaban J connectivity index is 2.21. The Labute approximate surface area is 87.1 Å². The molecule has 1 aromatic rings. The summed E-state index contributed by atoms with van der Waals surface area (Å²) in [5, 5.41) is 8.81. The summed E-state index contributed by atoms with van der Waals surface area (Å²) < 4.78 is 13.0. The number of carboxylic acids is 1. The molecule has 0 saturated carbocycles. The Morgan fingerprint density at radius 3 is 2.93 bits per heavy atom. The first-order valence-electron chi connectivity index (χ1n) is 4.89. The van der Waals surface area contributed by atoms with Crippen LogP contribution in [0.15, 0.2) is 24.3 Å². The monoisotopic (exact) mass is 209 g/mol. The third kappa shape index (κ3) is 2.09. The maximum Gasteiger partial charge on any atom is 0.335 e. The van der Waals surface area contributed by atoms with Gasteiger partial charge in [-0.05, 0) is 24.6 Å². The van der Waals surface area contributed by atoms with Crippen LogP contribution < -0.4 is 4.90 Å². The minimum Gasteiger partial charge on any atom is -0.478 e. The van der Waals surface area contributed by atoms with Gasteiger partial charge in [-0.1, -0.05) is 6.07 Å². The number of benzene rings is 1. The Hall–Kier alpha value is -1.58. The Bertz CT molecular complexity index is 381. The lowest BCUT2D eigenvalue weighted by Crippen LogP contribution is -2.20. The van der Waals surface area contributed by atoms with Crippen LogP contribution in [0.3, 0.4) is 0 Å². The molecule has 2 rings (SSSR count). The van der Waals surface area contributed by atoms with Gasteiger partial charge in [-0.3, -0.25) is 0 Å². The van der Waals surface area contributed by atoms with Crippen LogP contribution in [-0.4, -0.2) is 30.3 Å². The predicted molar refractivity (Wildman–Crippen MR) is 55.1 cm³/mol. The molecule has 0 bridgehead atoms. The first-order valence-corrected chi connectivity index (χ1v) is 4.89. The molecule has 0 spiro atoms. The van der Waals surface area contributed by atoms with Crippen molar-refractivity contribution in [3.63, 3.8) is 0 Å². The van der Waals surface area contributed by atoms with E-state index in [1.54, 1.807) is 12.1 Å². The highest BCUT2D eigenvalue weighted by Gasteiger charge is 2.22. The number of carboxylic acid groups (broad SMARTS) is 1. The normalized spacial score (nSPS) is 20.6. The average molecular weight is 209 g/mol. The van der Waals surface area contributed by atoms with Gasteiger partial charge in [0.1, 0.15) is 6.17 Å². The first kappa shape index (κ1) is 9.96. The van der Waals surface area contributed by atoms with Crippen LogP contribution in [0, 0.1) is 0 Å². The van der Waals surface area contributed by atoms with Gasteiger partial charge in [-0.25, -0.2) is 9.18 Å². The molecule has 1 heterocycles. The van der Waals surface area contributed by atoms with Gasteiger partial charge >= 0.3 is 5.97 Å². The molecule has 1 aliphatic rings. The predicted octanol–water partition coefficient (Wildman–Crippen LogP) is 1.93. The number of anilines is 1. The van der Waals surface area contributed by atoms with E-state index in [2.05, 4.69) is 0 Å². The first-order chi connectivity index (χ1) is 7.16. The smallest absolute Gasteiger partial charge is 0.335 e. The van der Waals surface area contributed by atoms with Crippen LogP contribution in [0.4, 0.5) is 10.1 Å². The van der Waals surface area contributed by atoms with Crippen LogP contribution >= 0.6 is 0 Å². The van der Waals surface area contributed by atoms with E-state index in [-0.39, 0.29) is 5.56 Å². The number of hydrogen-bond donors (Lipinski definition) is 1. The summed E-state index contributed by atoms with van der Waals surface area (Å²) in [5.41, 5.74) is 1.03. The minimum atomic E-state index is -0.951. The lowest BCUT2D eigenvalue weighted by Gasteiger charge is -2.17. The van der Waals surface area contributed by atoms with Crippen molar-refractivity contribution in [2.24, 2.45) is 0 Å². The van der Waals surface area contributed by atoms with E-state index >= 15 is 0 Å². The fourth-order valence-electron chi connectivity index (χ4n) is 1.79. The summed E-state index contributed by atoms with van der Waals surface area (Å²) in [6, 6.07) is 6.62. The van der Waals surface area contributed by atoms with Crippen LogP contribution in [0.2, 0.25) is 0 Å². The van der Waals surface area contributed by atoms with Crippen LogP contribution in [0.25, 0.3) is 0 Å². The molecule has 1 atom stereocenters. The van der Waals surface area contributed by atoms with Crippen molar-refractivity contribution < 1.29 is 14.3 Å². The zero-order valence-corrected chi connectivity index (χ0v) is 8.19. The molecule has 0 aliphatic carbocycles. The van der Waals surface area contributed by atoms with E-state index in [1.165, 1.54) is 6.07 Å². The maximum atomic E-state index is 13.0. The quantitative estimate of drug-likeness (QED) is 0.809. The number of halogens is 1. The number of hydrogen-bond acceptors (Lipinski definition) is 2. The van der Waals surface area contributed by atoms with E-state index in [9.17, 15) is 9.18 Å². The molecule has 4 heteroatoms. The Morgan fingerprint density at radius 1 is 1.53 bits per heavy atom. The SMILES string of the molecule is O=C(O)c1cccc(N2CCC(F)C2)c1. The van der Waals surface area contributed by atoms with Gasteiger partial charge in [-0.15, -0.1) is 0 Å². The highest BCUT2D eigenvalue weighted by Crippen LogP contribution is 2.22. The number of rotatable bonds is 2. The van der Waals surface area contributed by atoms with E-state index in [0.717, 1.165) is 5.69 Å². The summed E-state index contributed by atoms with van der Waals surface area (Å²) in [6.45, 7) is 1.02. The molecule has 1 unspecified atom stereocenters. The number of aromatic carboxylic acids is 1. The van der Waals surface area contributed by atoms with E-state index in [1.807, 2.05) is 11.0 Å². The second-order valence-corrected chi connectivity index (χ2v) is 3.69. The molecule has 0 aromatic heterocycles. The van der Waals surface area contributed by atoms with Crippen molar-refractivity contribution in [1.29, 1.82) is 0 Å². The second-order valence-electron chi connectivity index (χ2n) is 3.69. The summed E-state index contributed by atoms with van der Waals surface area (Å²) in [6.07, 6.45) is -0.268. The summed E-state index contributed by atoms with van der Waals surface area (Å²) in [4.78, 5) is 12.6. The van der Waals surface area contributed by atoms with Gasteiger partial charge in [0.2, 0.25) is 0 Å². The fraction of sp³-hybridized carbons (Fsp3) is 0.364. The molecule has 0 amide bonds. The highest BCUT2D eigenvalue weighted by molar-refractivity contribution is 5.88. The van der Waals surface area contributed by atoms with Crippen molar-refractivity contribution >= 4 is 11.7 Å². The standard InChI is InChI=1S/C11H12FNO2/c12-9-4-5-13(7-9)10-3-1-2-8(6-10)11(14)15/h1-3,6,9H,4-5,7H2,(H,14,15). The van der Waals surface area contributed by atoms with E-state index in [0.29, 0.717) is 19.5 Å². The molecule has 1 fully saturated rings. The molecular formula is C11H12FNO2. The number of carbonyl (C=O) groups is 1. The van der Waals surface area contributed by atoms with Crippen LogP contribution in [-0.2, 0) is 0 Å². The third-order valence-corrected chi connectivity index (χ3v) is 2.59. The van der Waals surface area contributed by atoms with Crippen molar-refractivity contribution in [2.75, 3.05) is 18.0 Å². The number of alkyl halides is 1. The van der Waals surface area contributed by atoms with Crippen molar-refractivity contribution in [2.45, 2.75) is 12.6 Å². The zero-order valence-electron chi connectivity index (χ0n) is 8.19. The van der Waals surface area contributed by atoms with E-state index < -0.39 is 12.1 Å². The summed E-state index contributed by atoms with van der Waals surface area (Å²) >= 11 is 0. The van der Waals surface area contributed by atoms with Gasteiger partial charge < -0.3 is 10.0 Å². The summed E-state index contributed by atoms with van der Waals surface area (Å²) in [7, 11) is 0. The minimum absolute atomic E-state index is 0.245. The van der Waals surface area contributed by atoms with Crippen LogP contribution in [0.1, 0.15) is 16.8 Å². The van der Waals surface area contributed by atoms with Gasteiger partial charge in [0, 0.05) is 18.8 Å². The van der Waals surface area contributed by atoms with Crippen LogP contribution in [0.5, 0.6) is 0 Å². The highest BCUT2D eigenvalue weighted by atomic mass is 19.1. The van der Waals surface area contributed by atoms with Gasteiger partial charge in [0.15, 0.2) is 0 Å². The Morgan fingerprint density at radius 2 is 2.33 bits per heavy atom. The fourth-order valence-corrected chi connectivity index (χ4v) is 1.79. The molecule has 1 aromatic carbocycles. The summed E-state index contributed by atoms with van der Waals surface area (Å²) in [5.74, 6) is -0.951. The Kier molecular flexibility index (Phi) is 2.58. The molecule has 0 radical (unpaired) electrons. The molecule has 1 aliphatic heterocycles.